The van der Waals surface area contributed by atoms with E-state index in [0.29, 0.717) is 0 Å². The van der Waals surface area contributed by atoms with Gasteiger partial charge in [-0.15, -0.1) is 0 Å². The molecule has 1 spiro atoms. The second-order valence-corrected chi connectivity index (χ2v) is 2.83. The van der Waals surface area contributed by atoms with Crippen LogP contribution in [0.3, 0.4) is 0 Å². The zero-order chi connectivity index (χ0) is 7.03. The maximum absolute atomic E-state index is 8.07. The molecule has 0 aromatic carbocycles. The number of azide groups is 1. The lowest BCUT2D eigenvalue weighted by atomic mass is 10.2. The van der Waals surface area contributed by atoms with Crippen molar-refractivity contribution in [3.63, 3.8) is 0 Å². The molecule has 1 aliphatic carbocycles. The molecule has 1 fully saturated rings. The van der Waals surface area contributed by atoms with E-state index in [4.69, 9.17) is 5.53 Å². The first-order valence-corrected chi connectivity index (χ1v) is 3.31. The van der Waals surface area contributed by atoms with Crippen LogP contribution in [0.4, 0.5) is 0 Å². The van der Waals surface area contributed by atoms with Crippen molar-refractivity contribution in [1.29, 1.82) is 0 Å². The molecule has 1 aliphatic heterocycles. The quantitative estimate of drug-likeness (QED) is 0.301. The van der Waals surface area contributed by atoms with Crippen molar-refractivity contribution in [2.45, 2.75) is 31.0 Å². The molecule has 0 N–H and O–H groups in total. The van der Waals surface area contributed by atoms with Crippen LogP contribution in [0, 0.1) is 0 Å². The van der Waals surface area contributed by atoms with Gasteiger partial charge in [-0.1, -0.05) is 5.11 Å². The molecule has 0 aromatic rings. The van der Waals surface area contributed by atoms with E-state index in [9.17, 15) is 0 Å². The van der Waals surface area contributed by atoms with Gasteiger partial charge in [0.2, 0.25) is 0 Å². The molecule has 5 nitrogen and oxygen atoms in total. The highest BCUT2D eigenvalue weighted by Crippen LogP contribution is 2.48. The van der Waals surface area contributed by atoms with Crippen molar-refractivity contribution in [1.82, 2.24) is 0 Å². The lowest BCUT2D eigenvalue weighted by molar-refractivity contribution is 0.617. The Labute approximate surface area is 57.8 Å². The van der Waals surface area contributed by atoms with E-state index in [-0.39, 0.29) is 11.7 Å². The van der Waals surface area contributed by atoms with E-state index in [0.717, 1.165) is 19.3 Å². The standard InChI is InChI=1S/C5H7N5/c6-10-8-4-3-5(1-2-5)9-7-4/h4H,1-3H2. The fraction of sp³-hybridized carbons (Fsp3) is 1.00. The second kappa shape index (κ2) is 1.70. The van der Waals surface area contributed by atoms with Gasteiger partial charge in [-0.05, 0) is 18.4 Å². The van der Waals surface area contributed by atoms with Crippen LogP contribution in [-0.2, 0) is 0 Å². The number of rotatable bonds is 1. The van der Waals surface area contributed by atoms with Gasteiger partial charge in [-0.25, -0.2) is 0 Å². The van der Waals surface area contributed by atoms with Gasteiger partial charge in [0.05, 0.1) is 5.54 Å². The van der Waals surface area contributed by atoms with Gasteiger partial charge in [0.15, 0.2) is 6.17 Å². The fourth-order valence-corrected chi connectivity index (χ4v) is 1.18. The van der Waals surface area contributed by atoms with Crippen LogP contribution in [0.5, 0.6) is 0 Å². The summed E-state index contributed by atoms with van der Waals surface area (Å²) in [6.45, 7) is 0. The summed E-state index contributed by atoms with van der Waals surface area (Å²) in [5.41, 5.74) is 8.18. The molecule has 1 atom stereocenters. The summed E-state index contributed by atoms with van der Waals surface area (Å²) in [5, 5.41) is 11.4. The summed E-state index contributed by atoms with van der Waals surface area (Å²) >= 11 is 0. The van der Waals surface area contributed by atoms with E-state index >= 15 is 0 Å². The van der Waals surface area contributed by atoms with Crippen LogP contribution in [0.1, 0.15) is 19.3 Å². The number of hydrogen-bond acceptors (Lipinski definition) is 3. The third-order valence-electron chi connectivity index (χ3n) is 1.98. The molecular formula is C5H7N5. The van der Waals surface area contributed by atoms with Crippen LogP contribution >= 0.6 is 0 Å². The molecule has 1 heterocycles. The molecule has 0 amide bonds. The summed E-state index contributed by atoms with van der Waals surface area (Å²) in [6.07, 6.45) is 2.85. The Morgan fingerprint density at radius 2 is 2.40 bits per heavy atom. The lowest BCUT2D eigenvalue weighted by Gasteiger charge is -1.96. The number of azo groups is 1. The first kappa shape index (κ1) is 5.68. The number of hydrogen-bond donors (Lipinski definition) is 0. The molecule has 2 aliphatic rings. The highest BCUT2D eigenvalue weighted by atomic mass is 15.3. The molecule has 1 saturated carbocycles. The maximum atomic E-state index is 8.07. The highest BCUT2D eigenvalue weighted by Gasteiger charge is 2.48. The average Bonchev–Trinajstić information content (AvgIpc) is 2.52. The molecule has 1 unspecified atom stereocenters. The molecular weight excluding hydrogens is 130 g/mol. The van der Waals surface area contributed by atoms with Gasteiger partial charge in [0, 0.05) is 11.3 Å². The normalized spacial score (nSPS) is 32.2. The Bertz CT molecular complexity index is 222. The van der Waals surface area contributed by atoms with E-state index in [2.05, 4.69) is 20.3 Å². The van der Waals surface area contributed by atoms with E-state index in [1.807, 2.05) is 0 Å². The van der Waals surface area contributed by atoms with Gasteiger partial charge in [0.1, 0.15) is 0 Å². The van der Waals surface area contributed by atoms with Crippen molar-refractivity contribution in [2.75, 3.05) is 0 Å². The van der Waals surface area contributed by atoms with Crippen molar-refractivity contribution in [3.8, 4) is 0 Å². The third-order valence-corrected chi connectivity index (χ3v) is 1.98. The number of nitrogens with zero attached hydrogens (tertiary/aromatic N) is 5. The van der Waals surface area contributed by atoms with E-state index < -0.39 is 0 Å². The first-order chi connectivity index (χ1) is 4.85. The molecule has 52 valence electrons. The summed E-state index contributed by atoms with van der Waals surface area (Å²) in [4.78, 5) is 2.68. The second-order valence-electron chi connectivity index (χ2n) is 2.83. The van der Waals surface area contributed by atoms with Crippen molar-refractivity contribution >= 4 is 0 Å². The first-order valence-electron chi connectivity index (χ1n) is 3.31. The van der Waals surface area contributed by atoms with Crippen LogP contribution in [0.15, 0.2) is 15.3 Å². The van der Waals surface area contributed by atoms with Gasteiger partial charge in [-0.3, -0.25) is 0 Å². The molecule has 5 heteroatoms. The largest absolute Gasteiger partial charge is 0.187 e. The van der Waals surface area contributed by atoms with Gasteiger partial charge in [-0.2, -0.15) is 10.2 Å². The summed E-state index contributed by atoms with van der Waals surface area (Å²) in [6, 6.07) is 0. The van der Waals surface area contributed by atoms with Gasteiger partial charge >= 0.3 is 0 Å². The minimum atomic E-state index is -0.215. The minimum Gasteiger partial charge on any atom is -0.187 e. The van der Waals surface area contributed by atoms with Crippen molar-refractivity contribution in [3.05, 3.63) is 10.4 Å². The average molecular weight is 137 g/mol. The van der Waals surface area contributed by atoms with Gasteiger partial charge < -0.3 is 0 Å². The smallest absolute Gasteiger partial charge is 0.152 e. The minimum absolute atomic E-state index is 0.110. The van der Waals surface area contributed by atoms with Gasteiger partial charge in [0.25, 0.3) is 0 Å². The summed E-state index contributed by atoms with van der Waals surface area (Å²) in [5.74, 6) is 0. The zero-order valence-electron chi connectivity index (χ0n) is 5.43. The van der Waals surface area contributed by atoms with Crippen LogP contribution in [-0.4, -0.2) is 11.7 Å². The zero-order valence-corrected chi connectivity index (χ0v) is 5.43. The van der Waals surface area contributed by atoms with Crippen LogP contribution < -0.4 is 0 Å². The summed E-state index contributed by atoms with van der Waals surface area (Å²) in [7, 11) is 0. The molecule has 0 saturated heterocycles. The molecule has 0 aromatic heterocycles. The SMILES string of the molecule is [N-]=[N+]=NC1CC2(CC2)N=N1. The van der Waals surface area contributed by atoms with Crippen molar-refractivity contribution in [2.24, 2.45) is 15.3 Å². The monoisotopic (exact) mass is 137 g/mol. The van der Waals surface area contributed by atoms with Crippen LogP contribution in [0.2, 0.25) is 0 Å². The van der Waals surface area contributed by atoms with Crippen LogP contribution in [0.25, 0.3) is 10.4 Å². The summed E-state index contributed by atoms with van der Waals surface area (Å²) < 4.78 is 0. The van der Waals surface area contributed by atoms with E-state index in [1.165, 1.54) is 0 Å². The maximum Gasteiger partial charge on any atom is 0.152 e. The van der Waals surface area contributed by atoms with Crippen molar-refractivity contribution < 1.29 is 0 Å². The Morgan fingerprint density at radius 1 is 1.60 bits per heavy atom. The Balaban J connectivity index is 2.07. The molecule has 10 heavy (non-hydrogen) atoms. The molecule has 0 radical (unpaired) electrons. The highest BCUT2D eigenvalue weighted by molar-refractivity contribution is 5.06. The Kier molecular flexibility index (Phi) is 0.964. The molecule has 0 bridgehead atoms. The Morgan fingerprint density at radius 3 is 2.90 bits per heavy atom. The lowest BCUT2D eigenvalue weighted by Crippen LogP contribution is -2.04. The third kappa shape index (κ3) is 0.752. The predicted molar refractivity (Wildman–Crippen MR) is 34.4 cm³/mol. The fourth-order valence-electron chi connectivity index (χ4n) is 1.18. The molecule has 2 rings (SSSR count). The Hall–Kier alpha value is -1.09. The van der Waals surface area contributed by atoms with E-state index in [1.54, 1.807) is 0 Å². The predicted octanol–water partition coefficient (Wildman–Crippen LogP) is 2.01. The topological polar surface area (TPSA) is 73.5 Å².